The highest BCUT2D eigenvalue weighted by atomic mass is 32.2. The zero-order valence-corrected chi connectivity index (χ0v) is 17.4. The predicted molar refractivity (Wildman–Crippen MR) is 113 cm³/mol. The second-order valence-corrected chi connectivity index (χ2v) is 9.58. The van der Waals surface area contributed by atoms with Gasteiger partial charge in [0.1, 0.15) is 5.75 Å². The first kappa shape index (κ1) is 19.6. The Hall–Kier alpha value is -2.68. The van der Waals surface area contributed by atoms with Crippen molar-refractivity contribution in [3.63, 3.8) is 0 Å². The van der Waals surface area contributed by atoms with E-state index in [9.17, 15) is 13.2 Å². The summed E-state index contributed by atoms with van der Waals surface area (Å²) >= 11 is 1.66. The number of nitrogens with zero attached hydrogens (tertiary/aromatic N) is 1. The largest absolute Gasteiger partial charge is 0.496 e. The summed E-state index contributed by atoms with van der Waals surface area (Å²) in [5, 5.41) is 4.75. The highest BCUT2D eigenvalue weighted by Gasteiger charge is 2.29. The summed E-state index contributed by atoms with van der Waals surface area (Å²) in [5.41, 5.74) is 1.85. The van der Waals surface area contributed by atoms with Gasteiger partial charge >= 0.3 is 0 Å². The summed E-state index contributed by atoms with van der Waals surface area (Å²) in [7, 11) is -2.16. The number of hydrogen-bond acceptors (Lipinski definition) is 5. The average molecular weight is 429 g/mol. The summed E-state index contributed by atoms with van der Waals surface area (Å²) in [6, 6.07) is 15.2. The fourth-order valence-corrected chi connectivity index (χ4v) is 5.70. The third kappa shape index (κ3) is 3.91. The highest BCUT2D eigenvalue weighted by Crippen LogP contribution is 2.29. The Bertz CT molecular complexity index is 1150. The van der Waals surface area contributed by atoms with Gasteiger partial charge in [0, 0.05) is 23.7 Å². The van der Waals surface area contributed by atoms with E-state index < -0.39 is 10.0 Å². The van der Waals surface area contributed by atoms with E-state index in [2.05, 4.69) is 5.32 Å². The molecule has 3 aromatic rings. The van der Waals surface area contributed by atoms with E-state index >= 15 is 0 Å². The maximum absolute atomic E-state index is 13.1. The van der Waals surface area contributed by atoms with Crippen LogP contribution in [-0.2, 0) is 23.0 Å². The molecule has 29 heavy (non-hydrogen) atoms. The van der Waals surface area contributed by atoms with E-state index in [0.717, 1.165) is 12.0 Å². The van der Waals surface area contributed by atoms with E-state index in [1.807, 2.05) is 11.4 Å². The van der Waals surface area contributed by atoms with Gasteiger partial charge in [-0.05, 0) is 53.8 Å². The molecular formula is C21H20N2O4S2. The number of amides is 1. The molecule has 150 valence electrons. The van der Waals surface area contributed by atoms with Crippen LogP contribution in [0.2, 0.25) is 0 Å². The Labute approximate surface area is 173 Å². The number of carbonyl (C=O) groups is 1. The van der Waals surface area contributed by atoms with Crippen LogP contribution in [0.4, 0.5) is 5.69 Å². The van der Waals surface area contributed by atoms with E-state index in [4.69, 9.17) is 4.74 Å². The van der Waals surface area contributed by atoms with Gasteiger partial charge in [-0.2, -0.15) is 4.31 Å². The molecule has 6 nitrogen and oxygen atoms in total. The smallest absolute Gasteiger partial charge is 0.259 e. The molecule has 0 saturated heterocycles. The zero-order valence-electron chi connectivity index (χ0n) is 15.8. The summed E-state index contributed by atoms with van der Waals surface area (Å²) in [6.45, 7) is 0.826. The molecule has 0 bridgehead atoms. The lowest BCUT2D eigenvalue weighted by Crippen LogP contribution is -2.35. The molecule has 1 aromatic heterocycles. The number of sulfonamides is 1. The zero-order chi connectivity index (χ0) is 20.4. The summed E-state index contributed by atoms with van der Waals surface area (Å²) in [6.07, 6.45) is 0.719. The molecule has 0 spiro atoms. The Balaban J connectivity index is 1.56. The lowest BCUT2D eigenvalue weighted by molar-refractivity contribution is 0.102. The molecule has 1 N–H and O–H groups in total. The van der Waals surface area contributed by atoms with Crippen LogP contribution in [0, 0.1) is 0 Å². The van der Waals surface area contributed by atoms with Gasteiger partial charge in [0.2, 0.25) is 10.0 Å². The van der Waals surface area contributed by atoms with Crippen LogP contribution in [0.15, 0.2) is 64.9 Å². The predicted octanol–water partition coefficient (Wildman–Crippen LogP) is 3.76. The molecule has 4 rings (SSSR count). The molecule has 1 aliphatic rings. The monoisotopic (exact) mass is 428 g/mol. The minimum Gasteiger partial charge on any atom is -0.496 e. The Morgan fingerprint density at radius 2 is 1.97 bits per heavy atom. The van der Waals surface area contributed by atoms with Crippen LogP contribution in [0.3, 0.4) is 0 Å². The third-order valence-electron chi connectivity index (χ3n) is 4.85. The molecular weight excluding hydrogens is 408 g/mol. The molecule has 0 aliphatic carbocycles. The lowest BCUT2D eigenvalue weighted by atomic mass is 10.1. The number of hydrogen-bond donors (Lipinski definition) is 1. The number of fused-ring (bicyclic) bond motifs is 1. The number of benzene rings is 2. The van der Waals surface area contributed by atoms with Crippen LogP contribution >= 0.6 is 11.3 Å². The molecule has 0 radical (unpaired) electrons. The number of para-hydroxylation sites is 1. The van der Waals surface area contributed by atoms with Crippen molar-refractivity contribution in [3.05, 3.63) is 76.0 Å². The van der Waals surface area contributed by atoms with E-state index in [-0.39, 0.29) is 10.8 Å². The van der Waals surface area contributed by atoms with Crippen LogP contribution in [0.25, 0.3) is 0 Å². The van der Waals surface area contributed by atoms with Gasteiger partial charge in [0.05, 0.1) is 17.6 Å². The van der Waals surface area contributed by atoms with Crippen LogP contribution in [-0.4, -0.2) is 32.3 Å². The minimum absolute atomic E-state index is 0.161. The van der Waals surface area contributed by atoms with Crippen molar-refractivity contribution in [3.8, 4) is 5.75 Å². The molecule has 1 aliphatic heterocycles. The van der Waals surface area contributed by atoms with Crippen molar-refractivity contribution in [2.75, 3.05) is 19.0 Å². The first-order valence-electron chi connectivity index (χ1n) is 9.09. The van der Waals surface area contributed by atoms with Crippen molar-refractivity contribution >= 4 is 33.0 Å². The number of methoxy groups -OCH3 is 1. The van der Waals surface area contributed by atoms with Crippen LogP contribution in [0.1, 0.15) is 20.8 Å². The normalized spacial score (nSPS) is 14.2. The molecule has 0 unspecified atom stereocenters. The average Bonchev–Trinajstić information content (AvgIpc) is 3.22. The summed E-state index contributed by atoms with van der Waals surface area (Å²) < 4.78 is 33.0. The molecule has 2 aromatic carbocycles. The topological polar surface area (TPSA) is 75.7 Å². The SMILES string of the molecule is COc1ccccc1C(=O)Nc1cccc(S(=O)(=O)N2CCc3sccc3C2)c1. The Kier molecular flexibility index (Phi) is 5.40. The maximum Gasteiger partial charge on any atom is 0.259 e. The molecule has 0 fully saturated rings. The molecule has 0 saturated carbocycles. The number of carbonyl (C=O) groups excluding carboxylic acids is 1. The van der Waals surface area contributed by atoms with Crippen LogP contribution in [0.5, 0.6) is 5.75 Å². The summed E-state index contributed by atoms with van der Waals surface area (Å²) in [5.74, 6) is 0.0894. The van der Waals surface area contributed by atoms with Crippen LogP contribution < -0.4 is 10.1 Å². The second kappa shape index (κ2) is 7.98. The van der Waals surface area contributed by atoms with E-state index in [1.54, 1.807) is 53.8 Å². The Morgan fingerprint density at radius 1 is 1.14 bits per heavy atom. The second-order valence-electron chi connectivity index (χ2n) is 6.64. The lowest BCUT2D eigenvalue weighted by Gasteiger charge is -2.26. The standard InChI is InChI=1S/C21H20N2O4S2/c1-27-19-8-3-2-7-18(19)21(24)22-16-5-4-6-17(13-16)29(25,26)23-11-9-20-15(14-23)10-12-28-20/h2-8,10,12-13H,9,11,14H2,1H3,(H,22,24). The fourth-order valence-electron chi connectivity index (χ4n) is 3.34. The van der Waals surface area contributed by atoms with Gasteiger partial charge < -0.3 is 10.1 Å². The van der Waals surface area contributed by atoms with Gasteiger partial charge in [-0.15, -0.1) is 11.3 Å². The molecule has 8 heteroatoms. The highest BCUT2D eigenvalue weighted by molar-refractivity contribution is 7.89. The molecule has 1 amide bonds. The minimum atomic E-state index is -3.66. The fraction of sp³-hybridized carbons (Fsp3) is 0.190. The number of rotatable bonds is 5. The van der Waals surface area contributed by atoms with Gasteiger partial charge in [-0.3, -0.25) is 4.79 Å². The van der Waals surface area contributed by atoms with Crippen molar-refractivity contribution in [1.82, 2.24) is 4.31 Å². The first-order valence-corrected chi connectivity index (χ1v) is 11.4. The first-order chi connectivity index (χ1) is 14.0. The van der Waals surface area contributed by atoms with Crippen molar-refractivity contribution in [1.29, 1.82) is 0 Å². The van der Waals surface area contributed by atoms with Crippen molar-refractivity contribution in [2.24, 2.45) is 0 Å². The van der Waals surface area contributed by atoms with E-state index in [0.29, 0.717) is 30.1 Å². The van der Waals surface area contributed by atoms with E-state index in [1.165, 1.54) is 22.4 Å². The number of nitrogens with one attached hydrogen (secondary N) is 1. The number of anilines is 1. The van der Waals surface area contributed by atoms with Gasteiger partial charge in [-0.25, -0.2) is 8.42 Å². The number of ether oxygens (including phenoxy) is 1. The quantitative estimate of drug-likeness (QED) is 0.671. The van der Waals surface area contributed by atoms with Gasteiger partial charge in [0.25, 0.3) is 5.91 Å². The molecule has 2 heterocycles. The molecule has 0 atom stereocenters. The van der Waals surface area contributed by atoms with Crippen molar-refractivity contribution in [2.45, 2.75) is 17.9 Å². The Morgan fingerprint density at radius 3 is 2.79 bits per heavy atom. The summed E-state index contributed by atoms with van der Waals surface area (Å²) in [4.78, 5) is 14.0. The van der Waals surface area contributed by atoms with Crippen molar-refractivity contribution < 1.29 is 17.9 Å². The number of thiophene rings is 1. The third-order valence-corrected chi connectivity index (χ3v) is 7.72. The van der Waals surface area contributed by atoms with Gasteiger partial charge in [0.15, 0.2) is 0 Å². The maximum atomic E-state index is 13.1. The van der Waals surface area contributed by atoms with Gasteiger partial charge in [-0.1, -0.05) is 18.2 Å².